The third-order valence-electron chi connectivity index (χ3n) is 2.78. The van der Waals surface area contributed by atoms with Crippen LogP contribution in [-0.4, -0.2) is 24.2 Å². The Morgan fingerprint density at radius 1 is 1.53 bits per heavy atom. The zero-order valence-electron chi connectivity index (χ0n) is 10.3. The lowest BCUT2D eigenvalue weighted by molar-refractivity contribution is 0.528. The van der Waals surface area contributed by atoms with Gasteiger partial charge >= 0.3 is 5.76 Å². The van der Waals surface area contributed by atoms with Gasteiger partial charge in [-0.05, 0) is 25.1 Å². The highest BCUT2D eigenvalue weighted by molar-refractivity contribution is 5.77. The van der Waals surface area contributed by atoms with E-state index >= 15 is 0 Å². The van der Waals surface area contributed by atoms with Crippen LogP contribution in [0.2, 0.25) is 0 Å². The Bertz CT molecular complexity index is 583. The van der Waals surface area contributed by atoms with E-state index in [2.05, 4.69) is 4.90 Å². The molecule has 0 radical (unpaired) electrons. The number of oxazole rings is 1. The number of nitrogens with zero attached hydrogens (tertiary/aromatic N) is 2. The molecule has 0 aliphatic rings. The van der Waals surface area contributed by atoms with E-state index in [1.54, 1.807) is 7.05 Å². The van der Waals surface area contributed by atoms with Crippen LogP contribution in [0.5, 0.6) is 0 Å². The zero-order chi connectivity index (χ0) is 12.6. The molecule has 17 heavy (non-hydrogen) atoms. The number of rotatable bonds is 3. The summed E-state index contributed by atoms with van der Waals surface area (Å²) < 4.78 is 6.58. The largest absolute Gasteiger partial charge is 0.419 e. The third kappa shape index (κ3) is 2.19. The number of nitrogens with two attached hydrogens (primary N) is 1. The summed E-state index contributed by atoms with van der Waals surface area (Å²) in [4.78, 5) is 13.4. The molecule has 1 aromatic heterocycles. The summed E-state index contributed by atoms with van der Waals surface area (Å²) in [7, 11) is 3.67. The van der Waals surface area contributed by atoms with Crippen molar-refractivity contribution in [3.05, 3.63) is 28.7 Å². The highest BCUT2D eigenvalue weighted by Gasteiger charge is 2.09. The van der Waals surface area contributed by atoms with Gasteiger partial charge in [-0.3, -0.25) is 4.57 Å². The van der Waals surface area contributed by atoms with Gasteiger partial charge in [0.05, 0.1) is 5.52 Å². The summed E-state index contributed by atoms with van der Waals surface area (Å²) in [5.41, 5.74) is 8.18. The molecule has 5 heteroatoms. The highest BCUT2D eigenvalue weighted by atomic mass is 16.4. The van der Waals surface area contributed by atoms with Gasteiger partial charge in [-0.1, -0.05) is 0 Å². The molecule has 0 aliphatic heterocycles. The van der Waals surface area contributed by atoms with Crippen LogP contribution in [0.25, 0.3) is 11.1 Å². The summed E-state index contributed by atoms with van der Waals surface area (Å²) in [6, 6.07) is 5.77. The van der Waals surface area contributed by atoms with Gasteiger partial charge in [0.15, 0.2) is 5.58 Å². The molecule has 1 aromatic carbocycles. The van der Waals surface area contributed by atoms with Gasteiger partial charge in [-0.15, -0.1) is 0 Å². The Kier molecular flexibility index (Phi) is 2.93. The maximum atomic E-state index is 11.4. The van der Waals surface area contributed by atoms with E-state index in [1.165, 1.54) is 4.57 Å². The van der Waals surface area contributed by atoms with Gasteiger partial charge in [0.1, 0.15) is 0 Å². The number of anilines is 1. The highest BCUT2D eigenvalue weighted by Crippen LogP contribution is 2.20. The van der Waals surface area contributed by atoms with Crippen molar-refractivity contribution in [1.29, 1.82) is 0 Å². The van der Waals surface area contributed by atoms with E-state index in [-0.39, 0.29) is 11.8 Å². The summed E-state index contributed by atoms with van der Waals surface area (Å²) in [6.45, 7) is 2.72. The molecule has 2 rings (SSSR count). The van der Waals surface area contributed by atoms with Crippen molar-refractivity contribution in [2.24, 2.45) is 12.8 Å². The number of hydrogen-bond donors (Lipinski definition) is 1. The fourth-order valence-corrected chi connectivity index (χ4v) is 1.89. The fourth-order valence-electron chi connectivity index (χ4n) is 1.89. The van der Waals surface area contributed by atoms with Crippen molar-refractivity contribution in [3.63, 3.8) is 0 Å². The first-order valence-electron chi connectivity index (χ1n) is 5.55. The summed E-state index contributed by atoms with van der Waals surface area (Å²) >= 11 is 0. The van der Waals surface area contributed by atoms with Crippen LogP contribution in [0, 0.1) is 0 Å². The fraction of sp³-hybridized carbons (Fsp3) is 0.417. The summed E-state index contributed by atoms with van der Waals surface area (Å²) in [6.07, 6.45) is 0. The SMILES string of the molecule is CC(N)CN(C)c1ccc2oc(=O)n(C)c2c1. The van der Waals surface area contributed by atoms with Crippen molar-refractivity contribution in [1.82, 2.24) is 4.57 Å². The predicted molar refractivity (Wildman–Crippen MR) is 68.4 cm³/mol. The lowest BCUT2D eigenvalue weighted by Crippen LogP contribution is -2.32. The van der Waals surface area contributed by atoms with Gasteiger partial charge in [0.2, 0.25) is 0 Å². The van der Waals surface area contributed by atoms with Crippen molar-refractivity contribution in [2.75, 3.05) is 18.5 Å². The van der Waals surface area contributed by atoms with E-state index in [0.717, 1.165) is 17.7 Å². The topological polar surface area (TPSA) is 64.4 Å². The number of hydrogen-bond acceptors (Lipinski definition) is 4. The zero-order valence-corrected chi connectivity index (χ0v) is 10.3. The minimum atomic E-state index is -0.341. The monoisotopic (exact) mass is 235 g/mol. The van der Waals surface area contributed by atoms with Gasteiger partial charge < -0.3 is 15.1 Å². The molecule has 5 nitrogen and oxygen atoms in total. The predicted octanol–water partition coefficient (Wildman–Crippen LogP) is 0.915. The van der Waals surface area contributed by atoms with E-state index in [4.69, 9.17) is 10.2 Å². The Morgan fingerprint density at radius 2 is 2.24 bits per heavy atom. The van der Waals surface area contributed by atoms with Crippen LogP contribution in [0.3, 0.4) is 0 Å². The molecule has 0 bridgehead atoms. The van der Waals surface area contributed by atoms with Gasteiger partial charge in [0, 0.05) is 32.4 Å². The van der Waals surface area contributed by atoms with Gasteiger partial charge in [-0.25, -0.2) is 4.79 Å². The van der Waals surface area contributed by atoms with Crippen molar-refractivity contribution in [3.8, 4) is 0 Å². The Morgan fingerprint density at radius 3 is 2.88 bits per heavy atom. The molecule has 1 heterocycles. The van der Waals surface area contributed by atoms with Crippen molar-refractivity contribution >= 4 is 16.8 Å². The summed E-state index contributed by atoms with van der Waals surface area (Å²) in [5.74, 6) is -0.341. The Labute approximate surface area is 99.4 Å². The number of benzene rings is 1. The van der Waals surface area contributed by atoms with Crippen molar-refractivity contribution in [2.45, 2.75) is 13.0 Å². The average Bonchev–Trinajstić information content (AvgIpc) is 2.54. The molecule has 0 fully saturated rings. The molecular weight excluding hydrogens is 218 g/mol. The minimum Gasteiger partial charge on any atom is -0.408 e. The molecule has 1 atom stereocenters. The minimum absolute atomic E-state index is 0.101. The number of likely N-dealkylation sites (N-methyl/N-ethyl adjacent to an activating group) is 1. The molecule has 0 aliphatic carbocycles. The first kappa shape index (κ1) is 11.7. The molecule has 1 unspecified atom stereocenters. The third-order valence-corrected chi connectivity index (χ3v) is 2.78. The number of fused-ring (bicyclic) bond motifs is 1. The Balaban J connectivity index is 2.43. The van der Waals surface area contributed by atoms with Crippen LogP contribution in [0.1, 0.15) is 6.92 Å². The van der Waals surface area contributed by atoms with E-state index in [9.17, 15) is 4.79 Å². The quantitative estimate of drug-likeness (QED) is 0.859. The van der Waals surface area contributed by atoms with Crippen LogP contribution < -0.4 is 16.4 Å². The maximum absolute atomic E-state index is 11.4. The van der Waals surface area contributed by atoms with Gasteiger partial charge in [0.25, 0.3) is 0 Å². The first-order valence-corrected chi connectivity index (χ1v) is 5.55. The molecule has 2 N–H and O–H groups in total. The normalized spacial score (nSPS) is 12.9. The summed E-state index contributed by atoms with van der Waals surface area (Å²) in [5, 5.41) is 0. The van der Waals surface area contributed by atoms with Crippen molar-refractivity contribution < 1.29 is 4.42 Å². The Hall–Kier alpha value is -1.75. The first-order chi connectivity index (χ1) is 7.99. The van der Waals surface area contributed by atoms with Crippen LogP contribution in [-0.2, 0) is 7.05 Å². The van der Waals surface area contributed by atoms with E-state index < -0.39 is 0 Å². The average molecular weight is 235 g/mol. The lowest BCUT2D eigenvalue weighted by atomic mass is 10.2. The molecule has 0 spiro atoms. The van der Waals surface area contributed by atoms with Gasteiger partial charge in [-0.2, -0.15) is 0 Å². The molecule has 92 valence electrons. The standard InChI is InChI=1S/C12H17N3O2/c1-8(13)7-14(2)9-4-5-11-10(6-9)15(3)12(16)17-11/h4-6,8H,7,13H2,1-3H3. The molecular formula is C12H17N3O2. The number of aryl methyl sites for hydroxylation is 1. The lowest BCUT2D eigenvalue weighted by Gasteiger charge is -2.21. The van der Waals surface area contributed by atoms with E-state index in [1.807, 2.05) is 32.2 Å². The molecule has 0 saturated heterocycles. The second kappa shape index (κ2) is 4.25. The molecule has 0 amide bonds. The smallest absolute Gasteiger partial charge is 0.408 e. The van der Waals surface area contributed by atoms with Crippen LogP contribution >= 0.6 is 0 Å². The second-order valence-electron chi connectivity index (χ2n) is 4.44. The second-order valence-corrected chi connectivity index (χ2v) is 4.44. The van der Waals surface area contributed by atoms with E-state index in [0.29, 0.717) is 5.58 Å². The maximum Gasteiger partial charge on any atom is 0.419 e. The van der Waals surface area contributed by atoms with Crippen LogP contribution in [0.15, 0.2) is 27.4 Å². The number of aromatic nitrogens is 1. The molecule has 0 saturated carbocycles. The molecule has 2 aromatic rings. The van der Waals surface area contributed by atoms with Crippen LogP contribution in [0.4, 0.5) is 5.69 Å².